The van der Waals surface area contributed by atoms with Crippen LogP contribution in [0.5, 0.6) is 0 Å². The molecule has 1 fully saturated rings. The van der Waals surface area contributed by atoms with Gasteiger partial charge in [0, 0.05) is 13.1 Å². The number of nitrogens with one attached hydrogen (secondary N) is 1. The highest BCUT2D eigenvalue weighted by Gasteiger charge is 2.28. The van der Waals surface area contributed by atoms with Crippen molar-refractivity contribution in [2.45, 2.75) is 25.5 Å². The first-order valence-corrected chi connectivity index (χ1v) is 9.53. The fourth-order valence-corrected chi connectivity index (χ4v) is 4.43. The highest BCUT2D eigenvalue weighted by atomic mass is 35.5. The van der Waals surface area contributed by atoms with E-state index in [1.54, 1.807) is 0 Å². The lowest BCUT2D eigenvalue weighted by Gasteiger charge is -2.31. The Hall–Kier alpha value is -0.690. The first-order valence-electron chi connectivity index (χ1n) is 7.55. The zero-order valence-electron chi connectivity index (χ0n) is 12.7. The fraction of sp³-hybridized carbons (Fsp3) is 0.600. The van der Waals surface area contributed by atoms with Crippen LogP contribution in [0.2, 0.25) is 5.02 Å². The number of halogens is 2. The Morgan fingerprint density at radius 2 is 2.05 bits per heavy atom. The number of rotatable bonds is 6. The molecule has 1 aromatic carbocycles. The molecule has 0 amide bonds. The Kier molecular flexibility index (Phi) is 6.20. The van der Waals surface area contributed by atoms with Gasteiger partial charge in [-0.25, -0.2) is 17.1 Å². The van der Waals surface area contributed by atoms with E-state index >= 15 is 0 Å². The molecular weight excluding hydrogens is 327 g/mol. The maximum atomic E-state index is 13.1. The van der Waals surface area contributed by atoms with Gasteiger partial charge < -0.3 is 5.32 Å². The summed E-state index contributed by atoms with van der Waals surface area (Å²) in [5.41, 5.74) is 0.515. The summed E-state index contributed by atoms with van der Waals surface area (Å²) in [5, 5.41) is 3.26. The summed E-state index contributed by atoms with van der Waals surface area (Å²) >= 11 is 5.71. The van der Waals surface area contributed by atoms with E-state index in [4.69, 9.17) is 11.6 Å². The molecule has 0 spiro atoms. The van der Waals surface area contributed by atoms with Gasteiger partial charge in [0.25, 0.3) is 0 Å². The van der Waals surface area contributed by atoms with E-state index in [-0.39, 0.29) is 10.8 Å². The predicted molar refractivity (Wildman–Crippen MR) is 86.9 cm³/mol. The molecular formula is C15H22ClFN2O2S. The SMILES string of the molecule is CCNCC1CCN(S(=O)(=O)Cc2ccc(F)c(Cl)c2)CC1. The van der Waals surface area contributed by atoms with Crippen LogP contribution in [-0.4, -0.2) is 38.9 Å². The van der Waals surface area contributed by atoms with Gasteiger partial charge in [0.2, 0.25) is 10.0 Å². The average molecular weight is 349 g/mol. The van der Waals surface area contributed by atoms with Crippen molar-refractivity contribution in [3.8, 4) is 0 Å². The summed E-state index contributed by atoms with van der Waals surface area (Å²) in [7, 11) is -3.38. The van der Waals surface area contributed by atoms with Crippen LogP contribution in [0.1, 0.15) is 25.3 Å². The van der Waals surface area contributed by atoms with Gasteiger partial charge in [-0.05, 0) is 49.5 Å². The minimum atomic E-state index is -3.38. The van der Waals surface area contributed by atoms with Gasteiger partial charge in [-0.15, -0.1) is 0 Å². The average Bonchev–Trinajstić information content (AvgIpc) is 2.49. The second kappa shape index (κ2) is 7.73. The zero-order valence-corrected chi connectivity index (χ0v) is 14.3. The summed E-state index contributed by atoms with van der Waals surface area (Å²) in [4.78, 5) is 0. The Bertz CT molecular complexity index is 602. The normalized spacial score (nSPS) is 17.8. The van der Waals surface area contributed by atoms with Crippen LogP contribution in [0.4, 0.5) is 4.39 Å². The lowest BCUT2D eigenvalue weighted by Crippen LogP contribution is -2.41. The van der Waals surface area contributed by atoms with E-state index in [1.165, 1.54) is 22.5 Å². The Balaban J connectivity index is 1.95. The number of hydrogen-bond acceptors (Lipinski definition) is 3. The molecule has 1 aliphatic rings. The first-order chi connectivity index (χ1) is 10.4. The van der Waals surface area contributed by atoms with Gasteiger partial charge in [-0.3, -0.25) is 0 Å². The largest absolute Gasteiger partial charge is 0.317 e. The molecule has 1 heterocycles. The maximum absolute atomic E-state index is 13.1. The second-order valence-corrected chi connectivity index (χ2v) is 8.03. The number of sulfonamides is 1. The van der Waals surface area contributed by atoms with Gasteiger partial charge in [0.05, 0.1) is 10.8 Å². The quantitative estimate of drug-likeness (QED) is 0.859. The Labute approximate surface area is 136 Å². The van der Waals surface area contributed by atoms with E-state index in [9.17, 15) is 12.8 Å². The van der Waals surface area contributed by atoms with Crippen molar-refractivity contribution in [2.24, 2.45) is 5.92 Å². The van der Waals surface area contributed by atoms with Crippen LogP contribution in [0.15, 0.2) is 18.2 Å². The lowest BCUT2D eigenvalue weighted by molar-refractivity contribution is 0.268. The number of piperidine rings is 1. The molecule has 0 atom stereocenters. The Morgan fingerprint density at radius 1 is 1.36 bits per heavy atom. The molecule has 22 heavy (non-hydrogen) atoms. The van der Waals surface area contributed by atoms with E-state index in [1.807, 2.05) is 0 Å². The molecule has 1 saturated heterocycles. The van der Waals surface area contributed by atoms with Gasteiger partial charge in [0.15, 0.2) is 0 Å². The number of benzene rings is 1. The van der Waals surface area contributed by atoms with Gasteiger partial charge in [-0.2, -0.15) is 0 Å². The monoisotopic (exact) mass is 348 g/mol. The van der Waals surface area contributed by atoms with Gasteiger partial charge in [-0.1, -0.05) is 24.6 Å². The molecule has 0 saturated carbocycles. The third-order valence-electron chi connectivity index (χ3n) is 3.98. The summed E-state index contributed by atoms with van der Waals surface area (Å²) < 4.78 is 39.6. The minimum Gasteiger partial charge on any atom is -0.317 e. The second-order valence-electron chi connectivity index (χ2n) is 5.65. The van der Waals surface area contributed by atoms with E-state index in [2.05, 4.69) is 12.2 Å². The molecule has 4 nitrogen and oxygen atoms in total. The standard InChI is InChI=1S/C15H22ClFN2O2S/c1-2-18-10-12-5-7-19(8-6-12)22(20,21)11-13-3-4-15(17)14(16)9-13/h3-4,9,12,18H,2,5-8,10-11H2,1H3. The van der Waals surface area contributed by atoms with Crippen molar-refractivity contribution in [1.29, 1.82) is 0 Å². The van der Waals surface area contributed by atoms with Crippen molar-refractivity contribution >= 4 is 21.6 Å². The molecule has 1 aliphatic heterocycles. The number of nitrogens with zero attached hydrogens (tertiary/aromatic N) is 1. The van der Waals surface area contributed by atoms with Crippen molar-refractivity contribution in [3.63, 3.8) is 0 Å². The third kappa shape index (κ3) is 4.65. The molecule has 0 aromatic heterocycles. The van der Waals surface area contributed by atoms with Crippen LogP contribution < -0.4 is 5.32 Å². The molecule has 0 aliphatic carbocycles. The van der Waals surface area contributed by atoms with Crippen LogP contribution in [-0.2, 0) is 15.8 Å². The maximum Gasteiger partial charge on any atom is 0.218 e. The van der Waals surface area contributed by atoms with Gasteiger partial charge in [0.1, 0.15) is 5.82 Å². The Morgan fingerprint density at radius 3 is 2.64 bits per heavy atom. The summed E-state index contributed by atoms with van der Waals surface area (Å²) in [6, 6.07) is 4.05. The zero-order chi connectivity index (χ0) is 16.2. The summed E-state index contributed by atoms with van der Waals surface area (Å²) in [5.74, 6) is -0.135. The van der Waals surface area contributed by atoms with Crippen LogP contribution in [0.3, 0.4) is 0 Å². The molecule has 0 radical (unpaired) electrons. The first kappa shape index (κ1) is 17.7. The summed E-state index contributed by atoms with van der Waals surface area (Å²) in [6.07, 6.45) is 1.74. The molecule has 2 rings (SSSR count). The highest BCUT2D eigenvalue weighted by molar-refractivity contribution is 7.88. The third-order valence-corrected chi connectivity index (χ3v) is 6.12. The van der Waals surface area contributed by atoms with Crippen molar-refractivity contribution in [1.82, 2.24) is 9.62 Å². The molecule has 1 aromatic rings. The van der Waals surface area contributed by atoms with E-state index in [0.29, 0.717) is 24.6 Å². The highest BCUT2D eigenvalue weighted by Crippen LogP contribution is 2.23. The van der Waals surface area contributed by atoms with E-state index < -0.39 is 15.8 Å². The fourth-order valence-electron chi connectivity index (χ4n) is 2.67. The number of hydrogen-bond donors (Lipinski definition) is 1. The van der Waals surface area contributed by atoms with Crippen molar-refractivity contribution in [2.75, 3.05) is 26.2 Å². The molecule has 0 unspecified atom stereocenters. The van der Waals surface area contributed by atoms with Crippen LogP contribution in [0.25, 0.3) is 0 Å². The summed E-state index contributed by atoms with van der Waals surface area (Å²) in [6.45, 7) is 5.04. The topological polar surface area (TPSA) is 49.4 Å². The molecule has 0 bridgehead atoms. The molecule has 7 heteroatoms. The van der Waals surface area contributed by atoms with Crippen molar-refractivity contribution < 1.29 is 12.8 Å². The molecule has 124 valence electrons. The van der Waals surface area contributed by atoms with Crippen LogP contribution >= 0.6 is 11.6 Å². The minimum absolute atomic E-state index is 0.0444. The van der Waals surface area contributed by atoms with Gasteiger partial charge >= 0.3 is 0 Å². The van der Waals surface area contributed by atoms with Crippen molar-refractivity contribution in [3.05, 3.63) is 34.6 Å². The smallest absolute Gasteiger partial charge is 0.218 e. The van der Waals surface area contributed by atoms with Crippen LogP contribution in [0, 0.1) is 11.7 Å². The predicted octanol–water partition coefficient (Wildman–Crippen LogP) is 2.63. The lowest BCUT2D eigenvalue weighted by atomic mass is 9.98. The van der Waals surface area contributed by atoms with E-state index in [0.717, 1.165) is 25.9 Å². The molecule has 1 N–H and O–H groups in total.